The van der Waals surface area contributed by atoms with Gasteiger partial charge < -0.3 is 11.7 Å². The van der Waals surface area contributed by atoms with Crippen molar-refractivity contribution in [2.75, 3.05) is 0 Å². The molecule has 0 radical (unpaired) electrons. The largest absolute Gasteiger partial charge is 1.00 e. The molecule has 8 heavy (non-hydrogen) atoms. The first kappa shape index (κ1) is 11.1. The van der Waals surface area contributed by atoms with Gasteiger partial charge in [-0.25, -0.2) is 0 Å². The first-order chi connectivity index (χ1) is 3.12. The van der Waals surface area contributed by atoms with E-state index in [1.165, 1.54) is 0 Å². The second-order valence-electron chi connectivity index (χ2n) is 2.36. The van der Waals surface area contributed by atoms with Gasteiger partial charge in [0.2, 0.25) is 0 Å². The monoisotopic (exact) mass is 106 g/mol. The van der Waals surface area contributed by atoms with Gasteiger partial charge in [-0.15, -0.1) is 0 Å². The summed E-state index contributed by atoms with van der Waals surface area (Å²) in [5.74, 6) is 0. The first-order valence-electron chi connectivity index (χ1n) is 2.38. The predicted molar refractivity (Wildman–Crippen MR) is 29.8 cm³/mol. The summed E-state index contributed by atoms with van der Waals surface area (Å²) >= 11 is 0. The van der Waals surface area contributed by atoms with Gasteiger partial charge >= 0.3 is 18.9 Å². The van der Waals surface area contributed by atoms with Crippen molar-refractivity contribution < 1.29 is 23.7 Å². The van der Waals surface area contributed by atoms with Crippen LogP contribution in [0.5, 0.6) is 0 Å². The second-order valence-corrected chi connectivity index (χ2v) is 2.36. The molecule has 0 atom stereocenters. The second kappa shape index (κ2) is 4.18. The molecule has 0 aliphatic heterocycles. The van der Waals surface area contributed by atoms with E-state index >= 15 is 0 Å². The molecule has 0 aliphatic carbocycles. The molecule has 0 aromatic rings. The van der Waals surface area contributed by atoms with Crippen LogP contribution < -0.4 is 18.9 Å². The van der Waals surface area contributed by atoms with Gasteiger partial charge in [0.05, 0.1) is 0 Å². The average molecular weight is 106 g/mol. The molecule has 2 heteroatoms. The summed E-state index contributed by atoms with van der Waals surface area (Å²) in [7, 11) is 0. The minimum atomic E-state index is -0.208. The van der Waals surface area contributed by atoms with Gasteiger partial charge in [-0.2, -0.15) is 6.42 Å². The Hall–Kier alpha value is 0.267. The van der Waals surface area contributed by atoms with Crippen molar-refractivity contribution in [1.82, 2.24) is 0 Å². The van der Waals surface area contributed by atoms with Gasteiger partial charge in [0.25, 0.3) is 0 Å². The molecule has 0 heterocycles. The Labute approximate surface area is 63.0 Å². The molecule has 0 aromatic heterocycles. The Balaban J connectivity index is 0. The summed E-state index contributed by atoms with van der Waals surface area (Å²) in [6, 6.07) is 0. The van der Waals surface area contributed by atoms with Crippen LogP contribution in [0.15, 0.2) is 0 Å². The average Bonchev–Trinajstić information content (AvgIpc) is 1.68. The summed E-state index contributed by atoms with van der Waals surface area (Å²) in [4.78, 5) is 10.0. The molecule has 0 rings (SSSR count). The van der Waals surface area contributed by atoms with E-state index in [0.717, 1.165) is 6.29 Å². The van der Waals surface area contributed by atoms with E-state index in [1.807, 2.05) is 13.8 Å². The molecule has 0 amide bonds. The van der Waals surface area contributed by atoms with Crippen LogP contribution in [0.3, 0.4) is 0 Å². The van der Waals surface area contributed by atoms with E-state index in [9.17, 15) is 4.79 Å². The third-order valence-electron chi connectivity index (χ3n) is 0.963. The summed E-state index contributed by atoms with van der Waals surface area (Å²) in [5, 5.41) is 0. The number of aldehydes is 1. The fourth-order valence-corrected chi connectivity index (χ4v) is 0.0589. The minimum absolute atomic E-state index is 0. The number of carbonyl (C=O) groups is 1. The van der Waals surface area contributed by atoms with Gasteiger partial charge in [-0.1, -0.05) is 13.8 Å². The van der Waals surface area contributed by atoms with Crippen LogP contribution in [-0.2, 0) is 4.79 Å². The van der Waals surface area contributed by atoms with Crippen LogP contribution in [0.1, 0.15) is 20.3 Å². The van der Waals surface area contributed by atoms with E-state index in [-0.39, 0.29) is 24.3 Å². The van der Waals surface area contributed by atoms with Gasteiger partial charge in [0, 0.05) is 0 Å². The summed E-state index contributed by atoms with van der Waals surface area (Å²) in [6.07, 6.45) is 1.61. The zero-order chi connectivity index (χ0) is 5.91. The SMILES string of the molecule is [CH2-]CC(C)(C)C=O.[Li+]. The first-order valence-corrected chi connectivity index (χ1v) is 2.38. The standard InChI is InChI=1S/C6H11O.Li/c1-4-6(2,3)5-7;/h5H,1,4H2,2-3H3;/q-1;+1. The summed E-state index contributed by atoms with van der Waals surface area (Å²) < 4.78 is 0. The zero-order valence-corrected chi connectivity index (χ0v) is 5.90. The van der Waals surface area contributed by atoms with Crippen LogP contribution in [0.2, 0.25) is 0 Å². The third kappa shape index (κ3) is 4.43. The Morgan fingerprint density at radius 2 is 2.00 bits per heavy atom. The Kier molecular flexibility index (Phi) is 5.80. The van der Waals surface area contributed by atoms with E-state index in [2.05, 4.69) is 6.92 Å². The molecule has 1 nitrogen and oxygen atoms in total. The normalized spacial score (nSPS) is 9.88. The third-order valence-corrected chi connectivity index (χ3v) is 0.963. The van der Waals surface area contributed by atoms with Crippen molar-refractivity contribution >= 4 is 6.29 Å². The van der Waals surface area contributed by atoms with Crippen LogP contribution in [-0.4, -0.2) is 6.29 Å². The van der Waals surface area contributed by atoms with Gasteiger partial charge in [-0.05, 0) is 5.41 Å². The maximum atomic E-state index is 10.0. The van der Waals surface area contributed by atoms with E-state index in [0.29, 0.717) is 6.42 Å². The summed E-state index contributed by atoms with van der Waals surface area (Å²) in [6.45, 7) is 7.33. The fraction of sp³-hybridized carbons (Fsp3) is 0.667. The Morgan fingerprint density at radius 1 is 1.62 bits per heavy atom. The van der Waals surface area contributed by atoms with Crippen LogP contribution >= 0.6 is 0 Å². The van der Waals surface area contributed by atoms with Gasteiger partial charge in [-0.3, -0.25) is 0 Å². The zero-order valence-electron chi connectivity index (χ0n) is 5.90. The van der Waals surface area contributed by atoms with Crippen molar-refractivity contribution in [2.45, 2.75) is 20.3 Å². The summed E-state index contributed by atoms with van der Waals surface area (Å²) in [5.41, 5.74) is -0.208. The van der Waals surface area contributed by atoms with E-state index in [1.54, 1.807) is 0 Å². The van der Waals surface area contributed by atoms with E-state index < -0.39 is 0 Å². The molecule has 0 N–H and O–H groups in total. The molecule has 0 aromatic carbocycles. The van der Waals surface area contributed by atoms with Crippen LogP contribution in [0.25, 0.3) is 0 Å². The van der Waals surface area contributed by atoms with Crippen molar-refractivity contribution in [1.29, 1.82) is 0 Å². The number of hydrogen-bond donors (Lipinski definition) is 0. The minimum Gasteiger partial charge on any atom is -0.342 e. The quantitative estimate of drug-likeness (QED) is 0.236. The molecule has 0 saturated carbocycles. The Bertz CT molecular complexity index is 68.9. The van der Waals surface area contributed by atoms with Gasteiger partial charge in [0.1, 0.15) is 6.29 Å². The maximum Gasteiger partial charge on any atom is 1.00 e. The maximum absolute atomic E-state index is 10.0. The Morgan fingerprint density at radius 3 is 2.00 bits per heavy atom. The van der Waals surface area contributed by atoms with E-state index in [4.69, 9.17) is 0 Å². The number of carbonyl (C=O) groups excluding carboxylic acids is 1. The number of hydrogen-bond acceptors (Lipinski definition) is 1. The van der Waals surface area contributed by atoms with Gasteiger partial charge in [0.15, 0.2) is 0 Å². The molecular formula is C6H11LiO. The van der Waals surface area contributed by atoms with Crippen molar-refractivity contribution in [2.24, 2.45) is 5.41 Å². The fourth-order valence-electron chi connectivity index (χ4n) is 0.0589. The van der Waals surface area contributed by atoms with Crippen molar-refractivity contribution in [3.05, 3.63) is 6.92 Å². The smallest absolute Gasteiger partial charge is 0.342 e. The predicted octanol–water partition coefficient (Wildman–Crippen LogP) is -1.56. The molecule has 0 unspecified atom stereocenters. The molecule has 0 bridgehead atoms. The van der Waals surface area contributed by atoms with Crippen molar-refractivity contribution in [3.8, 4) is 0 Å². The van der Waals surface area contributed by atoms with Crippen LogP contribution in [0, 0.1) is 12.3 Å². The molecule has 0 saturated heterocycles. The molecule has 0 spiro atoms. The van der Waals surface area contributed by atoms with Crippen molar-refractivity contribution in [3.63, 3.8) is 0 Å². The topological polar surface area (TPSA) is 17.1 Å². The molecule has 42 valence electrons. The van der Waals surface area contributed by atoms with Crippen LogP contribution in [0.4, 0.5) is 0 Å². The molecule has 0 aliphatic rings. The molecular weight excluding hydrogens is 95.0 g/mol. The number of rotatable bonds is 2. The molecule has 0 fully saturated rings.